The Kier molecular flexibility index (Phi) is 8.59. The lowest BCUT2D eigenvalue weighted by molar-refractivity contribution is 0.0916. The molecule has 1 atom stereocenters. The fraction of sp³-hybridized carbons (Fsp3) is 0.250. The zero-order chi connectivity index (χ0) is 33.2. The molecule has 0 saturated carbocycles. The highest BCUT2D eigenvalue weighted by atomic mass is 19.1. The van der Waals surface area contributed by atoms with E-state index in [1.54, 1.807) is 54.6 Å². The van der Waals surface area contributed by atoms with Gasteiger partial charge < -0.3 is 19.2 Å². The molecule has 0 spiro atoms. The fourth-order valence-corrected chi connectivity index (χ4v) is 5.39. The molecule has 238 valence electrons. The van der Waals surface area contributed by atoms with Crippen LogP contribution in [0.3, 0.4) is 0 Å². The number of hydrogen-bond donors (Lipinski definition) is 1. The molecule has 0 unspecified atom stereocenters. The summed E-state index contributed by atoms with van der Waals surface area (Å²) in [6.07, 6.45) is 0.153. The van der Waals surface area contributed by atoms with Gasteiger partial charge in [-0.1, -0.05) is 19.9 Å². The Morgan fingerprint density at radius 1 is 1.11 bits per heavy atom. The number of amides is 2. The molecule has 3 heterocycles. The highest BCUT2D eigenvalue weighted by Gasteiger charge is 2.33. The van der Waals surface area contributed by atoms with Gasteiger partial charge in [-0.15, -0.1) is 0 Å². The highest BCUT2D eigenvalue weighted by molar-refractivity contribution is 5.95. The normalized spacial score (nSPS) is 14.5. The van der Waals surface area contributed by atoms with Gasteiger partial charge in [-0.25, -0.2) is 19.2 Å². The number of nitrogens with one attached hydrogen (secondary N) is 1. The number of hydrogen-bond acceptors (Lipinski definition) is 8. The summed E-state index contributed by atoms with van der Waals surface area (Å²) in [7, 11) is 0. The topological polar surface area (TPSA) is 131 Å². The van der Waals surface area contributed by atoms with Gasteiger partial charge >= 0.3 is 6.09 Å². The number of carbonyl (C=O) groups is 2. The number of benzene rings is 3. The molecule has 1 aliphatic rings. The Balaban J connectivity index is 1.08. The quantitative estimate of drug-likeness (QED) is 0.180. The maximum Gasteiger partial charge on any atom is 0.416 e. The van der Waals surface area contributed by atoms with Crippen molar-refractivity contribution >= 4 is 28.9 Å². The summed E-state index contributed by atoms with van der Waals surface area (Å²) in [6.45, 7) is 8.04. The monoisotopic (exact) mass is 633 g/mol. The molecular weight excluding hydrogens is 601 g/mol. The summed E-state index contributed by atoms with van der Waals surface area (Å²) >= 11 is 0. The van der Waals surface area contributed by atoms with Crippen LogP contribution in [0.1, 0.15) is 55.1 Å². The summed E-state index contributed by atoms with van der Waals surface area (Å²) in [5.74, 6) is 0.504. The Labute approximate surface area is 270 Å². The molecule has 3 aromatic carbocycles. The lowest BCUT2D eigenvalue weighted by atomic mass is 10.00. The smallest absolute Gasteiger partial charge is 0.416 e. The average Bonchev–Trinajstić information content (AvgIpc) is 3.66. The van der Waals surface area contributed by atoms with Crippen molar-refractivity contribution in [3.63, 3.8) is 0 Å². The van der Waals surface area contributed by atoms with Crippen molar-refractivity contribution in [1.29, 1.82) is 5.26 Å². The number of aromatic nitrogens is 2. The molecule has 2 aromatic heterocycles. The van der Waals surface area contributed by atoms with Gasteiger partial charge in [0.2, 0.25) is 5.89 Å². The van der Waals surface area contributed by atoms with Gasteiger partial charge in [-0.2, -0.15) is 5.26 Å². The molecule has 5 aromatic rings. The average molecular weight is 634 g/mol. The predicted molar refractivity (Wildman–Crippen MR) is 174 cm³/mol. The van der Waals surface area contributed by atoms with Crippen molar-refractivity contribution in [2.75, 3.05) is 18.0 Å². The molecule has 1 fully saturated rings. The molecule has 10 nitrogen and oxygen atoms in total. The van der Waals surface area contributed by atoms with Crippen LogP contribution in [-0.4, -0.2) is 47.3 Å². The molecule has 11 heteroatoms. The highest BCUT2D eigenvalue weighted by Crippen LogP contribution is 2.34. The number of carbonyl (C=O) groups excluding carboxylic acids is 2. The SMILES string of the molecule is CC(C)Oc1cccc(F)c1-c1ccc(N2C[C@@H](CNC(=O)c3ccc(-c4nc5cc(C#N)cc(C(C)C)c5o4)cc3)OC2=O)nc1. The van der Waals surface area contributed by atoms with Crippen LogP contribution in [0.2, 0.25) is 0 Å². The molecule has 2 amide bonds. The Morgan fingerprint density at radius 3 is 2.55 bits per heavy atom. The van der Waals surface area contributed by atoms with Gasteiger partial charge in [-0.05, 0) is 80.4 Å². The van der Waals surface area contributed by atoms with E-state index in [-0.39, 0.29) is 31.0 Å². The maximum absolute atomic E-state index is 14.7. The first-order chi connectivity index (χ1) is 22.6. The first-order valence-electron chi connectivity index (χ1n) is 15.2. The van der Waals surface area contributed by atoms with Crippen LogP contribution in [-0.2, 0) is 4.74 Å². The van der Waals surface area contributed by atoms with Crippen LogP contribution in [0, 0.1) is 17.1 Å². The summed E-state index contributed by atoms with van der Waals surface area (Å²) in [4.78, 5) is 35.9. The molecule has 0 aliphatic carbocycles. The van der Waals surface area contributed by atoms with Crippen molar-refractivity contribution in [1.82, 2.24) is 15.3 Å². The van der Waals surface area contributed by atoms with Crippen LogP contribution in [0.5, 0.6) is 5.75 Å². The number of ether oxygens (including phenoxy) is 2. The lowest BCUT2D eigenvalue weighted by Gasteiger charge is -2.16. The Bertz CT molecular complexity index is 2000. The molecule has 1 aliphatic heterocycles. The number of anilines is 1. The number of pyridine rings is 1. The molecule has 6 rings (SSSR count). The summed E-state index contributed by atoms with van der Waals surface area (Å²) < 4.78 is 32.0. The second kappa shape index (κ2) is 12.9. The molecule has 47 heavy (non-hydrogen) atoms. The molecule has 0 radical (unpaired) electrons. The minimum atomic E-state index is -0.599. The second-order valence-corrected chi connectivity index (χ2v) is 11.8. The lowest BCUT2D eigenvalue weighted by Crippen LogP contribution is -2.34. The predicted octanol–water partition coefficient (Wildman–Crippen LogP) is 7.23. The van der Waals surface area contributed by atoms with Crippen molar-refractivity contribution < 1.29 is 27.9 Å². The Morgan fingerprint density at radius 2 is 1.87 bits per heavy atom. The van der Waals surface area contributed by atoms with Crippen molar-refractivity contribution in [2.45, 2.75) is 45.8 Å². The summed E-state index contributed by atoms with van der Waals surface area (Å²) in [5.41, 5.74) is 4.56. The van der Waals surface area contributed by atoms with E-state index < -0.39 is 18.0 Å². The first kappa shape index (κ1) is 31.2. The van der Waals surface area contributed by atoms with Gasteiger partial charge in [0.25, 0.3) is 5.91 Å². The molecular formula is C36H32FN5O5. The zero-order valence-corrected chi connectivity index (χ0v) is 26.3. The van der Waals surface area contributed by atoms with E-state index in [1.807, 2.05) is 33.8 Å². The molecule has 1 N–H and O–H groups in total. The number of nitriles is 1. The van der Waals surface area contributed by atoms with Crippen molar-refractivity contribution in [3.8, 4) is 34.4 Å². The molecule has 0 bridgehead atoms. The number of cyclic esters (lactones) is 1. The third-order valence-electron chi connectivity index (χ3n) is 7.68. The summed E-state index contributed by atoms with van der Waals surface area (Å²) in [6, 6.07) is 20.4. The van der Waals surface area contributed by atoms with Crippen LogP contribution in [0.15, 0.2) is 77.3 Å². The van der Waals surface area contributed by atoms with E-state index in [1.165, 1.54) is 17.2 Å². The van der Waals surface area contributed by atoms with Gasteiger partial charge in [0.1, 0.15) is 29.0 Å². The largest absolute Gasteiger partial charge is 0.490 e. The third-order valence-corrected chi connectivity index (χ3v) is 7.68. The standard InChI is InChI=1S/C36H32FN5O5/c1-20(2)27-14-22(16-38)15-29-33(27)47-35(41-29)24-10-8-23(9-11-24)34(43)40-18-26-19-42(36(44)46-26)31-13-12-25(17-39-31)32-28(37)6-5-7-30(32)45-21(3)4/h5-15,17,20-21,26H,18-19H2,1-4H3,(H,40,43)/t26-/m1/s1. The van der Waals surface area contributed by atoms with E-state index in [9.17, 15) is 19.2 Å². The van der Waals surface area contributed by atoms with Gasteiger partial charge in [0.15, 0.2) is 5.58 Å². The summed E-state index contributed by atoms with van der Waals surface area (Å²) in [5, 5.41) is 12.2. The van der Waals surface area contributed by atoms with Crippen LogP contribution in [0.4, 0.5) is 15.0 Å². The number of fused-ring (bicyclic) bond motifs is 1. The van der Waals surface area contributed by atoms with Crippen LogP contribution in [0.25, 0.3) is 33.7 Å². The Hall–Kier alpha value is -5.76. The second-order valence-electron chi connectivity index (χ2n) is 11.8. The molecule has 1 saturated heterocycles. The van der Waals surface area contributed by atoms with Gasteiger partial charge in [-0.3, -0.25) is 9.69 Å². The van der Waals surface area contributed by atoms with Crippen molar-refractivity contribution in [3.05, 3.63) is 95.4 Å². The minimum absolute atomic E-state index is 0.0936. The number of oxazole rings is 1. The maximum atomic E-state index is 14.7. The zero-order valence-electron chi connectivity index (χ0n) is 26.3. The van der Waals surface area contributed by atoms with Gasteiger partial charge in [0, 0.05) is 28.5 Å². The first-order valence-corrected chi connectivity index (χ1v) is 15.2. The van der Waals surface area contributed by atoms with E-state index in [2.05, 4.69) is 21.4 Å². The minimum Gasteiger partial charge on any atom is -0.490 e. The third kappa shape index (κ3) is 6.49. The van der Waals surface area contributed by atoms with E-state index in [0.717, 1.165) is 5.56 Å². The van der Waals surface area contributed by atoms with E-state index in [0.29, 0.717) is 56.4 Å². The number of rotatable bonds is 9. The van der Waals surface area contributed by atoms with Crippen LogP contribution < -0.4 is 15.0 Å². The number of halogens is 1. The number of nitrogens with zero attached hydrogens (tertiary/aromatic N) is 4. The van der Waals surface area contributed by atoms with Gasteiger partial charge in [0.05, 0.1) is 36.4 Å². The van der Waals surface area contributed by atoms with Crippen molar-refractivity contribution in [2.24, 2.45) is 0 Å². The fourth-order valence-electron chi connectivity index (χ4n) is 5.39. The van der Waals surface area contributed by atoms with E-state index in [4.69, 9.17) is 13.9 Å². The van der Waals surface area contributed by atoms with Crippen LogP contribution >= 0.6 is 0 Å². The van der Waals surface area contributed by atoms with E-state index >= 15 is 0 Å².